The minimum atomic E-state index is -0.793. The molecule has 0 bridgehead atoms. The maximum absolute atomic E-state index is 13.7. The fraction of sp³-hybridized carbons (Fsp3) is 0.0909. The van der Waals surface area contributed by atoms with Crippen molar-refractivity contribution < 1.29 is 4.39 Å². The summed E-state index contributed by atoms with van der Waals surface area (Å²) in [7, 11) is 0. The number of hydrogen-bond acceptors (Lipinski definition) is 4. The van der Waals surface area contributed by atoms with Crippen molar-refractivity contribution in [3.05, 3.63) is 43.0 Å². The van der Waals surface area contributed by atoms with Gasteiger partial charge in [0.2, 0.25) is 0 Å². The molecule has 0 spiro atoms. The molecule has 0 atom stereocenters. The number of hydrogen-bond donors (Lipinski definition) is 1. The van der Waals surface area contributed by atoms with Crippen molar-refractivity contribution in [2.24, 2.45) is 0 Å². The maximum atomic E-state index is 13.7. The molecule has 1 aromatic carbocycles. The predicted octanol–water partition coefficient (Wildman–Crippen LogP) is 4.73. The van der Waals surface area contributed by atoms with Crippen LogP contribution in [-0.2, 0) is 6.54 Å². The monoisotopic (exact) mass is 335 g/mol. The maximum Gasteiger partial charge on any atom is 0.183 e. The second-order valence-electron chi connectivity index (χ2n) is 3.45. The van der Waals surface area contributed by atoms with E-state index in [-0.39, 0.29) is 21.3 Å². The Morgan fingerprint density at radius 2 is 2.11 bits per heavy atom. The van der Waals surface area contributed by atoms with E-state index in [4.69, 9.17) is 40.1 Å². The van der Waals surface area contributed by atoms with Crippen LogP contribution in [0.1, 0.15) is 10.4 Å². The van der Waals surface area contributed by atoms with Crippen molar-refractivity contribution in [3.63, 3.8) is 0 Å². The topological polar surface area (TPSA) is 48.7 Å². The molecule has 1 N–H and O–H groups in total. The third kappa shape index (κ3) is 3.10. The van der Waals surface area contributed by atoms with E-state index in [9.17, 15) is 4.39 Å². The molecule has 0 aliphatic rings. The summed E-state index contributed by atoms with van der Waals surface area (Å²) in [6, 6.07) is 2.99. The standard InChI is InChI=1S/C11H5Cl3FN3S/c12-7-1-8(13)10(6(2-16)9(7)15)17-3-5-4-18-11(14)19-5/h1,4,17H,3H2. The van der Waals surface area contributed by atoms with E-state index in [1.807, 2.05) is 0 Å². The molecule has 2 rings (SSSR count). The Hall–Kier alpha value is -1.06. The first kappa shape index (κ1) is 14.4. The quantitative estimate of drug-likeness (QED) is 0.825. The molecule has 3 nitrogen and oxygen atoms in total. The van der Waals surface area contributed by atoms with Gasteiger partial charge in [0.1, 0.15) is 11.6 Å². The lowest BCUT2D eigenvalue weighted by Gasteiger charge is -2.10. The molecule has 0 amide bonds. The van der Waals surface area contributed by atoms with Crippen LogP contribution in [0.25, 0.3) is 0 Å². The average molecular weight is 337 g/mol. The van der Waals surface area contributed by atoms with Crippen LogP contribution in [0, 0.1) is 17.1 Å². The lowest BCUT2D eigenvalue weighted by atomic mass is 10.2. The number of nitriles is 1. The molecule has 1 heterocycles. The first-order valence-electron chi connectivity index (χ1n) is 4.94. The Morgan fingerprint density at radius 3 is 2.68 bits per heavy atom. The van der Waals surface area contributed by atoms with E-state index in [1.54, 1.807) is 12.3 Å². The molecule has 98 valence electrons. The van der Waals surface area contributed by atoms with Gasteiger partial charge < -0.3 is 5.32 Å². The summed E-state index contributed by atoms with van der Waals surface area (Å²) in [5.41, 5.74) is -0.0105. The summed E-state index contributed by atoms with van der Waals surface area (Å²) in [5, 5.41) is 11.9. The molecule has 8 heteroatoms. The van der Waals surface area contributed by atoms with Crippen molar-refractivity contribution >= 4 is 51.8 Å². The third-order valence-electron chi connectivity index (χ3n) is 2.25. The van der Waals surface area contributed by atoms with Crippen LogP contribution in [0.5, 0.6) is 0 Å². The van der Waals surface area contributed by atoms with Gasteiger partial charge in [-0.3, -0.25) is 0 Å². The van der Waals surface area contributed by atoms with E-state index in [0.29, 0.717) is 11.0 Å². The Labute approximate surface area is 127 Å². The number of benzene rings is 1. The van der Waals surface area contributed by atoms with Crippen LogP contribution in [0.3, 0.4) is 0 Å². The Bertz CT molecular complexity index is 666. The molecule has 0 radical (unpaired) electrons. The van der Waals surface area contributed by atoms with Crippen LogP contribution in [0.2, 0.25) is 14.5 Å². The van der Waals surface area contributed by atoms with Gasteiger partial charge in [-0.2, -0.15) is 5.26 Å². The zero-order valence-corrected chi connectivity index (χ0v) is 12.3. The van der Waals surface area contributed by atoms with E-state index in [2.05, 4.69) is 10.3 Å². The SMILES string of the molecule is N#Cc1c(F)c(Cl)cc(Cl)c1NCc1cnc(Cl)s1. The zero-order valence-electron chi connectivity index (χ0n) is 9.18. The third-order valence-corrected chi connectivity index (χ3v) is 3.94. The number of nitrogens with zero attached hydrogens (tertiary/aromatic N) is 2. The largest absolute Gasteiger partial charge is 0.378 e. The molecular weight excluding hydrogens is 332 g/mol. The van der Waals surface area contributed by atoms with Crippen LogP contribution in [0.15, 0.2) is 12.3 Å². The van der Waals surface area contributed by atoms with E-state index < -0.39 is 5.82 Å². The van der Waals surface area contributed by atoms with Crippen molar-refractivity contribution in [1.29, 1.82) is 5.26 Å². The van der Waals surface area contributed by atoms with Crippen LogP contribution < -0.4 is 5.32 Å². The number of anilines is 1. The van der Waals surface area contributed by atoms with Gasteiger partial charge in [-0.1, -0.05) is 34.8 Å². The second kappa shape index (κ2) is 5.93. The molecular formula is C11H5Cl3FN3S. The Balaban J connectivity index is 2.30. The van der Waals surface area contributed by atoms with Crippen molar-refractivity contribution in [2.45, 2.75) is 6.54 Å². The zero-order chi connectivity index (χ0) is 14.0. The lowest BCUT2D eigenvalue weighted by Crippen LogP contribution is -2.02. The fourth-order valence-corrected chi connectivity index (χ4v) is 2.86. The molecule has 0 aliphatic carbocycles. The van der Waals surface area contributed by atoms with Crippen LogP contribution >= 0.6 is 46.1 Å². The van der Waals surface area contributed by atoms with Crippen LogP contribution in [0.4, 0.5) is 10.1 Å². The lowest BCUT2D eigenvalue weighted by molar-refractivity contribution is 0.625. The minimum Gasteiger partial charge on any atom is -0.378 e. The number of nitrogens with one attached hydrogen (secondary N) is 1. The molecule has 19 heavy (non-hydrogen) atoms. The number of rotatable bonds is 3. The second-order valence-corrected chi connectivity index (χ2v) is 5.96. The average Bonchev–Trinajstić information content (AvgIpc) is 2.78. The van der Waals surface area contributed by atoms with Gasteiger partial charge in [-0.05, 0) is 6.07 Å². The summed E-state index contributed by atoms with van der Waals surface area (Å²) < 4.78 is 14.1. The Kier molecular flexibility index (Phi) is 4.48. The molecule has 2 aromatic rings. The van der Waals surface area contributed by atoms with E-state index in [0.717, 1.165) is 4.88 Å². The van der Waals surface area contributed by atoms with Gasteiger partial charge in [-0.15, -0.1) is 11.3 Å². The summed E-state index contributed by atoms with van der Waals surface area (Å²) in [4.78, 5) is 4.71. The minimum absolute atomic E-state index is 0.179. The number of thiazole rings is 1. The number of aromatic nitrogens is 1. The van der Waals surface area contributed by atoms with E-state index >= 15 is 0 Å². The van der Waals surface area contributed by atoms with Gasteiger partial charge in [0, 0.05) is 11.1 Å². The van der Waals surface area contributed by atoms with Crippen LogP contribution in [-0.4, -0.2) is 4.98 Å². The summed E-state index contributed by atoms with van der Waals surface area (Å²) >= 11 is 18.6. The highest BCUT2D eigenvalue weighted by atomic mass is 35.5. The fourth-order valence-electron chi connectivity index (χ4n) is 1.41. The first-order valence-corrected chi connectivity index (χ1v) is 6.89. The van der Waals surface area contributed by atoms with Gasteiger partial charge >= 0.3 is 0 Å². The predicted molar refractivity (Wildman–Crippen MR) is 75.6 cm³/mol. The van der Waals surface area contributed by atoms with E-state index in [1.165, 1.54) is 17.4 Å². The van der Waals surface area contributed by atoms with Gasteiger partial charge in [0.25, 0.3) is 0 Å². The van der Waals surface area contributed by atoms with Crippen molar-refractivity contribution in [3.8, 4) is 6.07 Å². The summed E-state index contributed by atoms with van der Waals surface area (Å²) in [5.74, 6) is -0.793. The highest BCUT2D eigenvalue weighted by Gasteiger charge is 2.16. The highest BCUT2D eigenvalue weighted by Crippen LogP contribution is 2.33. The van der Waals surface area contributed by atoms with Gasteiger partial charge in [0.05, 0.1) is 22.3 Å². The molecule has 0 aliphatic heterocycles. The molecule has 0 fully saturated rings. The molecule has 0 saturated heterocycles. The molecule has 1 aromatic heterocycles. The summed E-state index contributed by atoms with van der Waals surface area (Å²) in [6.07, 6.45) is 1.59. The first-order chi connectivity index (χ1) is 9.02. The van der Waals surface area contributed by atoms with Gasteiger partial charge in [-0.25, -0.2) is 9.37 Å². The van der Waals surface area contributed by atoms with Gasteiger partial charge in [0.15, 0.2) is 10.3 Å². The number of halogens is 4. The molecule has 0 saturated carbocycles. The van der Waals surface area contributed by atoms with Crippen molar-refractivity contribution in [1.82, 2.24) is 4.98 Å². The normalized spacial score (nSPS) is 10.3. The highest BCUT2D eigenvalue weighted by molar-refractivity contribution is 7.15. The molecule has 0 unspecified atom stereocenters. The smallest absolute Gasteiger partial charge is 0.183 e. The Morgan fingerprint density at radius 1 is 1.37 bits per heavy atom. The van der Waals surface area contributed by atoms with Crippen molar-refractivity contribution in [2.75, 3.05) is 5.32 Å². The summed E-state index contributed by atoms with van der Waals surface area (Å²) in [6.45, 7) is 0.333.